The first-order chi connectivity index (χ1) is 38.5. The van der Waals surface area contributed by atoms with Gasteiger partial charge in [-0.3, -0.25) is 14.4 Å². The van der Waals surface area contributed by atoms with Crippen molar-refractivity contribution in [3.8, 4) is 0 Å². The van der Waals surface area contributed by atoms with Gasteiger partial charge in [0.1, 0.15) is 13.2 Å². The lowest BCUT2D eigenvalue weighted by Gasteiger charge is -2.18. The van der Waals surface area contributed by atoms with Crippen LogP contribution in [0.5, 0.6) is 0 Å². The molecule has 0 bridgehead atoms. The van der Waals surface area contributed by atoms with Crippen LogP contribution in [0.3, 0.4) is 0 Å². The Morgan fingerprint density at radius 3 is 0.833 bits per heavy atom. The Morgan fingerprint density at radius 2 is 0.526 bits per heavy atom. The zero-order valence-electron chi connectivity index (χ0n) is 51.7. The van der Waals surface area contributed by atoms with E-state index in [9.17, 15) is 14.4 Å². The molecule has 0 fully saturated rings. The van der Waals surface area contributed by atoms with E-state index < -0.39 is 6.10 Å². The summed E-state index contributed by atoms with van der Waals surface area (Å²) in [5.74, 6) is -0.978. The van der Waals surface area contributed by atoms with E-state index in [0.717, 1.165) is 77.0 Å². The monoisotopic (exact) mass is 1090 g/mol. The van der Waals surface area contributed by atoms with Gasteiger partial charge in [-0.15, -0.1) is 0 Å². The third-order valence-electron chi connectivity index (χ3n) is 14.6. The van der Waals surface area contributed by atoms with Crippen LogP contribution in [-0.4, -0.2) is 37.2 Å². The van der Waals surface area contributed by atoms with Crippen LogP contribution in [0.2, 0.25) is 0 Å². The minimum atomic E-state index is -0.819. The molecule has 0 aromatic heterocycles. The molecule has 0 saturated carbocycles. The molecule has 450 valence electrons. The topological polar surface area (TPSA) is 78.9 Å². The van der Waals surface area contributed by atoms with E-state index in [4.69, 9.17) is 14.2 Å². The molecular weight excluding hydrogens is 961 g/mol. The number of hydrogen-bond donors (Lipinski definition) is 0. The molecule has 0 aromatic carbocycles. The maximum atomic E-state index is 12.9. The summed E-state index contributed by atoms with van der Waals surface area (Å²) in [7, 11) is 0. The largest absolute Gasteiger partial charge is 0.462 e. The molecule has 0 aliphatic rings. The van der Waals surface area contributed by atoms with Gasteiger partial charge in [-0.2, -0.15) is 0 Å². The minimum absolute atomic E-state index is 0.105. The zero-order valence-corrected chi connectivity index (χ0v) is 51.7. The lowest BCUT2D eigenvalue weighted by atomic mass is 10.0. The summed E-state index contributed by atoms with van der Waals surface area (Å²) in [4.78, 5) is 38.3. The molecule has 0 aromatic rings. The molecule has 0 saturated heterocycles. The van der Waals surface area contributed by atoms with E-state index in [-0.39, 0.29) is 37.5 Å². The molecule has 78 heavy (non-hydrogen) atoms. The van der Waals surface area contributed by atoms with Crippen LogP contribution < -0.4 is 0 Å². The predicted molar refractivity (Wildman–Crippen MR) is 339 cm³/mol. The first-order valence-electron chi connectivity index (χ1n) is 33.6. The highest BCUT2D eigenvalue weighted by Crippen LogP contribution is 2.17. The minimum Gasteiger partial charge on any atom is -0.462 e. The van der Waals surface area contributed by atoms with Crippen molar-refractivity contribution in [2.45, 2.75) is 341 Å². The molecule has 6 nitrogen and oxygen atoms in total. The van der Waals surface area contributed by atoms with Gasteiger partial charge in [0.15, 0.2) is 6.10 Å². The van der Waals surface area contributed by atoms with E-state index >= 15 is 0 Å². The average molecular weight is 1090 g/mol. The van der Waals surface area contributed by atoms with Gasteiger partial charge in [0, 0.05) is 19.3 Å². The number of carbonyl (C=O) groups excluding carboxylic acids is 3. The number of esters is 3. The van der Waals surface area contributed by atoms with Gasteiger partial charge in [0.2, 0.25) is 0 Å². The average Bonchev–Trinajstić information content (AvgIpc) is 3.44. The van der Waals surface area contributed by atoms with Crippen LogP contribution in [0.15, 0.2) is 85.1 Å². The number of allylic oxidation sites excluding steroid dienone is 14. The van der Waals surface area contributed by atoms with Gasteiger partial charge in [-0.25, -0.2) is 0 Å². The molecule has 0 aliphatic heterocycles. The molecule has 1 unspecified atom stereocenters. The quantitative estimate of drug-likeness (QED) is 0.0261. The summed E-state index contributed by atoms with van der Waals surface area (Å²) >= 11 is 0. The maximum absolute atomic E-state index is 12.9. The standard InChI is InChI=1S/C72H126O6/c1-4-7-10-13-16-19-22-25-28-31-33-34-35-36-37-39-41-44-47-50-53-56-59-62-65-71(74)77-68-69(67-76-70(73)64-61-58-55-52-49-46-43-40-30-27-24-21-18-15-12-9-6-3)78-72(75)66-63-60-57-54-51-48-45-42-38-32-29-26-23-20-17-14-11-8-5-2/h8,11,17,20,26-27,29-30,38,42,48,51,57,60,69H,4-7,9-10,12-16,18-19,21-25,28,31-37,39-41,43-47,49-50,52-56,58-59,61-68H2,1-3H3/b11-8-,20-17-,29-26-,30-27-,42-38-,51-48-,60-57-. The number of carbonyl (C=O) groups is 3. The van der Waals surface area contributed by atoms with Crippen molar-refractivity contribution >= 4 is 17.9 Å². The second-order valence-electron chi connectivity index (χ2n) is 22.4. The normalized spacial score (nSPS) is 12.6. The molecule has 0 aliphatic carbocycles. The summed E-state index contributed by atoms with van der Waals surface area (Å²) < 4.78 is 16.9. The summed E-state index contributed by atoms with van der Waals surface area (Å²) in [6, 6.07) is 0. The third-order valence-corrected chi connectivity index (χ3v) is 14.6. The van der Waals surface area contributed by atoms with Crippen LogP contribution in [0.4, 0.5) is 0 Å². The van der Waals surface area contributed by atoms with Crippen molar-refractivity contribution in [2.24, 2.45) is 0 Å². The third kappa shape index (κ3) is 63.4. The van der Waals surface area contributed by atoms with E-state index in [1.165, 1.54) is 212 Å². The van der Waals surface area contributed by atoms with Crippen molar-refractivity contribution in [1.82, 2.24) is 0 Å². The summed E-state index contributed by atoms with van der Waals surface area (Å²) in [5, 5.41) is 0. The van der Waals surface area contributed by atoms with Gasteiger partial charge in [-0.1, -0.05) is 318 Å². The Labute approximate surface area is 484 Å². The predicted octanol–water partition coefficient (Wildman–Crippen LogP) is 23.1. The summed E-state index contributed by atoms with van der Waals surface area (Å²) in [6.07, 6.45) is 87.6. The molecule has 0 rings (SSSR count). The van der Waals surface area contributed by atoms with Crippen molar-refractivity contribution in [3.63, 3.8) is 0 Å². The van der Waals surface area contributed by atoms with Crippen molar-refractivity contribution in [3.05, 3.63) is 85.1 Å². The second kappa shape index (κ2) is 66.1. The van der Waals surface area contributed by atoms with Gasteiger partial charge >= 0.3 is 17.9 Å². The molecule has 0 amide bonds. The van der Waals surface area contributed by atoms with Crippen LogP contribution in [0.25, 0.3) is 0 Å². The SMILES string of the molecule is CC/C=C\C/C=C\C/C=C\C/C=C\C/C=C\C/C=C\CCC(=O)OC(COC(=O)CCCCCCCCC/C=C\CCCCCCCC)COC(=O)CCCCCCCCCCCCCCCCCCCCCCCCCC. The van der Waals surface area contributed by atoms with Gasteiger partial charge in [0.25, 0.3) is 0 Å². The van der Waals surface area contributed by atoms with Crippen molar-refractivity contribution in [2.75, 3.05) is 13.2 Å². The number of rotatable bonds is 61. The lowest BCUT2D eigenvalue weighted by molar-refractivity contribution is -0.166. The van der Waals surface area contributed by atoms with E-state index in [2.05, 4.69) is 99.8 Å². The molecular formula is C72H126O6. The fourth-order valence-corrected chi connectivity index (χ4v) is 9.64. The van der Waals surface area contributed by atoms with E-state index in [1.54, 1.807) is 0 Å². The summed E-state index contributed by atoms with van der Waals surface area (Å²) in [5.41, 5.74) is 0. The Morgan fingerprint density at radius 1 is 0.269 bits per heavy atom. The van der Waals surface area contributed by atoms with Crippen LogP contribution in [0, 0.1) is 0 Å². The van der Waals surface area contributed by atoms with Crippen LogP contribution >= 0.6 is 0 Å². The Balaban J connectivity index is 4.41. The smallest absolute Gasteiger partial charge is 0.306 e. The number of ether oxygens (including phenoxy) is 3. The van der Waals surface area contributed by atoms with Crippen molar-refractivity contribution < 1.29 is 28.6 Å². The first kappa shape index (κ1) is 74.6. The van der Waals surface area contributed by atoms with Gasteiger partial charge in [0.05, 0.1) is 0 Å². The highest BCUT2D eigenvalue weighted by molar-refractivity contribution is 5.71. The lowest BCUT2D eigenvalue weighted by Crippen LogP contribution is -2.30. The summed E-state index contributed by atoms with van der Waals surface area (Å²) in [6.45, 7) is 6.51. The Kier molecular flexibility index (Phi) is 63.2. The Hall–Kier alpha value is -3.41. The van der Waals surface area contributed by atoms with Crippen LogP contribution in [0.1, 0.15) is 335 Å². The van der Waals surface area contributed by atoms with Crippen LogP contribution in [-0.2, 0) is 28.6 Å². The highest BCUT2D eigenvalue weighted by atomic mass is 16.6. The molecule has 0 heterocycles. The molecule has 1 atom stereocenters. The second-order valence-corrected chi connectivity index (χ2v) is 22.4. The fraction of sp³-hybridized carbons (Fsp3) is 0.764. The van der Waals surface area contributed by atoms with Gasteiger partial charge in [-0.05, 0) is 83.5 Å². The number of hydrogen-bond acceptors (Lipinski definition) is 6. The highest BCUT2D eigenvalue weighted by Gasteiger charge is 2.19. The molecule has 0 radical (unpaired) electrons. The van der Waals surface area contributed by atoms with Gasteiger partial charge < -0.3 is 14.2 Å². The zero-order chi connectivity index (χ0) is 56.4. The van der Waals surface area contributed by atoms with E-state index in [0.29, 0.717) is 19.3 Å². The molecule has 6 heteroatoms. The fourth-order valence-electron chi connectivity index (χ4n) is 9.64. The Bertz CT molecular complexity index is 1480. The maximum Gasteiger partial charge on any atom is 0.306 e. The number of unbranched alkanes of at least 4 members (excludes halogenated alkanes) is 36. The van der Waals surface area contributed by atoms with E-state index in [1.807, 2.05) is 6.08 Å². The molecule has 0 spiro atoms. The van der Waals surface area contributed by atoms with Crippen molar-refractivity contribution in [1.29, 1.82) is 0 Å². The first-order valence-corrected chi connectivity index (χ1v) is 33.6. The molecule has 0 N–H and O–H groups in total.